The van der Waals surface area contributed by atoms with Crippen molar-refractivity contribution in [3.8, 4) is 5.75 Å². The number of hydrogen-bond acceptors (Lipinski definition) is 4. The molecule has 3 rings (SSSR count). The van der Waals surface area contributed by atoms with Crippen LogP contribution in [0.15, 0.2) is 45.8 Å². The summed E-state index contributed by atoms with van der Waals surface area (Å²) in [7, 11) is -3.96. The number of carbonyl (C=O) groups excluding carboxylic acids is 1. The van der Waals surface area contributed by atoms with E-state index >= 15 is 0 Å². The van der Waals surface area contributed by atoms with Crippen LogP contribution >= 0.6 is 15.9 Å². The van der Waals surface area contributed by atoms with E-state index in [1.807, 2.05) is 6.92 Å². The first-order valence-electron chi connectivity index (χ1n) is 6.74. The average molecular weight is 381 g/mol. The number of hydrogen-bond donors (Lipinski definition) is 0. The van der Waals surface area contributed by atoms with Gasteiger partial charge in [-0.05, 0) is 43.2 Å². The van der Waals surface area contributed by atoms with E-state index in [4.69, 9.17) is 4.18 Å². The molecule has 1 aliphatic carbocycles. The van der Waals surface area contributed by atoms with E-state index in [1.54, 1.807) is 18.2 Å². The Bertz CT molecular complexity index is 854. The predicted octanol–water partition coefficient (Wildman–Crippen LogP) is 3.65. The third kappa shape index (κ3) is 2.68. The molecule has 2 aromatic rings. The lowest BCUT2D eigenvalue weighted by Gasteiger charge is -2.11. The number of aryl methyl sites for hydroxylation is 1. The number of Topliss-reactive ketones (excluding diaryl/α,β-unsaturated/α-hetero) is 1. The van der Waals surface area contributed by atoms with Crippen LogP contribution < -0.4 is 4.18 Å². The van der Waals surface area contributed by atoms with Crippen molar-refractivity contribution in [1.29, 1.82) is 0 Å². The average Bonchev–Trinajstić information content (AvgIpc) is 2.86. The molecule has 0 spiro atoms. The van der Waals surface area contributed by atoms with Gasteiger partial charge in [-0.15, -0.1) is 0 Å². The Hall–Kier alpha value is -1.66. The molecule has 0 radical (unpaired) electrons. The van der Waals surface area contributed by atoms with Crippen molar-refractivity contribution in [2.45, 2.75) is 24.7 Å². The molecule has 6 heteroatoms. The first kappa shape index (κ1) is 15.2. The minimum atomic E-state index is -3.96. The fourth-order valence-corrected chi connectivity index (χ4v) is 3.92. The molecule has 0 amide bonds. The van der Waals surface area contributed by atoms with Crippen LogP contribution in [0.1, 0.15) is 27.9 Å². The van der Waals surface area contributed by atoms with Crippen molar-refractivity contribution in [2.75, 3.05) is 0 Å². The Balaban J connectivity index is 2.02. The summed E-state index contributed by atoms with van der Waals surface area (Å²) >= 11 is 3.38. The fourth-order valence-electron chi connectivity index (χ4n) is 2.46. The highest BCUT2D eigenvalue weighted by molar-refractivity contribution is 9.10. The Kier molecular flexibility index (Phi) is 3.82. The Labute approximate surface area is 137 Å². The number of benzene rings is 2. The predicted molar refractivity (Wildman–Crippen MR) is 85.8 cm³/mol. The van der Waals surface area contributed by atoms with Gasteiger partial charge in [0, 0.05) is 10.9 Å². The van der Waals surface area contributed by atoms with Crippen LogP contribution in [-0.4, -0.2) is 14.2 Å². The van der Waals surface area contributed by atoms with Crippen LogP contribution in [-0.2, 0) is 16.5 Å². The van der Waals surface area contributed by atoms with Crippen molar-refractivity contribution < 1.29 is 17.4 Å². The molecule has 22 heavy (non-hydrogen) atoms. The molecule has 0 aliphatic heterocycles. The van der Waals surface area contributed by atoms with Crippen LogP contribution in [0, 0.1) is 6.92 Å². The number of fused-ring (bicyclic) bond motifs is 1. The molecule has 4 nitrogen and oxygen atoms in total. The van der Waals surface area contributed by atoms with E-state index in [9.17, 15) is 13.2 Å². The molecule has 0 heterocycles. The Morgan fingerprint density at radius 1 is 1.05 bits per heavy atom. The highest BCUT2D eigenvalue weighted by Crippen LogP contribution is 2.36. The van der Waals surface area contributed by atoms with E-state index in [2.05, 4.69) is 15.9 Å². The van der Waals surface area contributed by atoms with E-state index in [1.165, 1.54) is 18.2 Å². The summed E-state index contributed by atoms with van der Waals surface area (Å²) in [6, 6.07) is 9.60. The van der Waals surface area contributed by atoms with Gasteiger partial charge in [-0.2, -0.15) is 8.42 Å². The number of rotatable bonds is 3. The largest absolute Gasteiger partial charge is 0.378 e. The number of carbonyl (C=O) groups is 1. The molecule has 0 N–H and O–H groups in total. The maximum absolute atomic E-state index is 12.4. The molecular formula is C16H13BrO4S. The van der Waals surface area contributed by atoms with Gasteiger partial charge in [-0.1, -0.05) is 33.6 Å². The molecule has 0 aromatic heterocycles. The monoisotopic (exact) mass is 380 g/mol. The van der Waals surface area contributed by atoms with Crippen molar-refractivity contribution in [3.63, 3.8) is 0 Å². The van der Waals surface area contributed by atoms with Crippen LogP contribution in [0.5, 0.6) is 5.75 Å². The minimum Gasteiger partial charge on any atom is -0.378 e. The third-order valence-electron chi connectivity index (χ3n) is 3.61. The van der Waals surface area contributed by atoms with E-state index < -0.39 is 10.1 Å². The highest BCUT2D eigenvalue weighted by atomic mass is 79.9. The Morgan fingerprint density at radius 3 is 2.41 bits per heavy atom. The lowest BCUT2D eigenvalue weighted by atomic mass is 10.1. The van der Waals surface area contributed by atoms with Crippen molar-refractivity contribution in [1.82, 2.24) is 0 Å². The highest BCUT2D eigenvalue weighted by Gasteiger charge is 2.28. The second-order valence-corrected chi connectivity index (χ2v) is 7.57. The fraction of sp³-hybridized carbons (Fsp3) is 0.188. The summed E-state index contributed by atoms with van der Waals surface area (Å²) in [4.78, 5) is 12.1. The minimum absolute atomic E-state index is 0.0696. The van der Waals surface area contributed by atoms with Gasteiger partial charge in [0.1, 0.15) is 4.90 Å². The second kappa shape index (κ2) is 5.52. The summed E-state index contributed by atoms with van der Waals surface area (Å²) in [5.41, 5.74) is 2.13. The molecule has 0 bridgehead atoms. The maximum Gasteiger partial charge on any atom is 0.339 e. The van der Waals surface area contributed by atoms with Gasteiger partial charge >= 0.3 is 10.1 Å². The molecule has 1 aliphatic rings. The van der Waals surface area contributed by atoms with Crippen LogP contribution in [0.25, 0.3) is 0 Å². The smallest absolute Gasteiger partial charge is 0.339 e. The normalized spacial score (nSPS) is 14.0. The SMILES string of the molecule is Cc1ccc(S(=O)(=O)Oc2ccc(Br)c3c2C(=O)CC3)cc1. The van der Waals surface area contributed by atoms with Gasteiger partial charge in [-0.25, -0.2) is 0 Å². The molecule has 0 unspecified atom stereocenters. The zero-order valence-corrected chi connectivity index (χ0v) is 14.2. The molecular weight excluding hydrogens is 368 g/mol. The van der Waals surface area contributed by atoms with Gasteiger partial charge in [0.25, 0.3) is 0 Å². The first-order valence-corrected chi connectivity index (χ1v) is 8.94. The maximum atomic E-state index is 12.4. The van der Waals surface area contributed by atoms with E-state index in [0.29, 0.717) is 18.4 Å². The van der Waals surface area contributed by atoms with Gasteiger partial charge < -0.3 is 4.18 Å². The van der Waals surface area contributed by atoms with E-state index in [-0.39, 0.29) is 16.4 Å². The van der Waals surface area contributed by atoms with Crippen LogP contribution in [0.3, 0.4) is 0 Å². The lowest BCUT2D eigenvalue weighted by molar-refractivity contribution is 0.0993. The standard InChI is InChI=1S/C16H13BrO4S/c1-10-2-4-11(5-3-10)22(19,20)21-15-9-7-13(17)12-6-8-14(18)16(12)15/h2-5,7,9H,6,8H2,1H3. The van der Waals surface area contributed by atoms with Crippen LogP contribution in [0.4, 0.5) is 0 Å². The third-order valence-corrected chi connectivity index (χ3v) is 5.60. The number of ketones is 1. The molecule has 0 fully saturated rings. The quantitative estimate of drug-likeness (QED) is 0.762. The van der Waals surface area contributed by atoms with Crippen molar-refractivity contribution in [3.05, 3.63) is 57.6 Å². The number of halogens is 1. The molecule has 0 saturated carbocycles. The summed E-state index contributed by atoms with van der Waals surface area (Å²) in [6.07, 6.45) is 0.968. The Morgan fingerprint density at radius 2 is 1.73 bits per heavy atom. The van der Waals surface area contributed by atoms with Crippen LogP contribution in [0.2, 0.25) is 0 Å². The molecule has 2 aromatic carbocycles. The second-order valence-electron chi connectivity index (χ2n) is 5.17. The van der Waals surface area contributed by atoms with Gasteiger partial charge in [0.05, 0.1) is 5.56 Å². The molecule has 0 atom stereocenters. The zero-order chi connectivity index (χ0) is 15.9. The van der Waals surface area contributed by atoms with Crippen molar-refractivity contribution >= 4 is 31.8 Å². The van der Waals surface area contributed by atoms with E-state index in [0.717, 1.165) is 15.6 Å². The van der Waals surface area contributed by atoms with Crippen molar-refractivity contribution in [2.24, 2.45) is 0 Å². The molecule has 0 saturated heterocycles. The van der Waals surface area contributed by atoms with Gasteiger partial charge in [0.15, 0.2) is 11.5 Å². The summed E-state index contributed by atoms with van der Waals surface area (Å²) in [5, 5.41) is 0. The first-order chi connectivity index (χ1) is 10.4. The topological polar surface area (TPSA) is 60.4 Å². The molecule has 114 valence electrons. The summed E-state index contributed by atoms with van der Waals surface area (Å²) in [6.45, 7) is 1.87. The lowest BCUT2D eigenvalue weighted by Crippen LogP contribution is -2.12. The van der Waals surface area contributed by atoms with Gasteiger partial charge in [-0.3, -0.25) is 4.79 Å². The summed E-state index contributed by atoms with van der Waals surface area (Å²) < 4.78 is 30.7. The summed E-state index contributed by atoms with van der Waals surface area (Å²) in [5.74, 6) is 0.00619. The zero-order valence-electron chi connectivity index (χ0n) is 11.8. The van der Waals surface area contributed by atoms with Gasteiger partial charge in [0.2, 0.25) is 0 Å².